The number of hydrogen-bond donors (Lipinski definition) is 1. The zero-order valence-corrected chi connectivity index (χ0v) is 14.5. The molecule has 4 nitrogen and oxygen atoms in total. The fourth-order valence-corrected chi connectivity index (χ4v) is 2.60. The Bertz CT molecular complexity index is 743. The molecule has 24 heavy (non-hydrogen) atoms. The third-order valence-corrected chi connectivity index (χ3v) is 3.95. The summed E-state index contributed by atoms with van der Waals surface area (Å²) < 4.78 is 5.17. The molecule has 2 aromatic rings. The van der Waals surface area contributed by atoms with Crippen LogP contribution in [-0.4, -0.2) is 18.8 Å². The van der Waals surface area contributed by atoms with Crippen LogP contribution in [-0.2, 0) is 11.2 Å². The number of benzene rings is 2. The first-order valence-electron chi connectivity index (χ1n) is 7.79. The molecule has 0 aromatic heterocycles. The standard InChI is InChI=1S/C19H20ClNO3/c1-3-13-6-4-5-7-16(13)21-19(23)11-9-17(22)15-12-14(20)8-10-18(15)24-2/h4-8,10,12H,3,9,11H2,1-2H3,(H,21,23). The van der Waals surface area contributed by atoms with Gasteiger partial charge in [-0.1, -0.05) is 36.7 Å². The molecule has 0 spiro atoms. The van der Waals surface area contributed by atoms with Crippen molar-refractivity contribution in [2.45, 2.75) is 26.2 Å². The van der Waals surface area contributed by atoms with Crippen molar-refractivity contribution in [3.63, 3.8) is 0 Å². The lowest BCUT2D eigenvalue weighted by Gasteiger charge is -2.10. The average Bonchev–Trinajstić information content (AvgIpc) is 2.60. The van der Waals surface area contributed by atoms with Gasteiger partial charge in [-0.05, 0) is 36.2 Å². The first-order valence-corrected chi connectivity index (χ1v) is 8.17. The minimum Gasteiger partial charge on any atom is -0.496 e. The Morgan fingerprint density at radius 1 is 1.12 bits per heavy atom. The topological polar surface area (TPSA) is 55.4 Å². The monoisotopic (exact) mass is 345 g/mol. The Kier molecular flexibility index (Phi) is 6.38. The van der Waals surface area contributed by atoms with Crippen molar-refractivity contribution >= 4 is 29.0 Å². The molecular formula is C19H20ClNO3. The number of anilines is 1. The van der Waals surface area contributed by atoms with Crippen molar-refractivity contribution in [3.05, 3.63) is 58.6 Å². The van der Waals surface area contributed by atoms with E-state index in [1.54, 1.807) is 18.2 Å². The fraction of sp³-hybridized carbons (Fsp3) is 0.263. The lowest BCUT2D eigenvalue weighted by atomic mass is 10.0. The summed E-state index contributed by atoms with van der Waals surface area (Å²) >= 11 is 5.93. The molecule has 0 heterocycles. The Balaban J connectivity index is 1.99. The van der Waals surface area contributed by atoms with Crippen LogP contribution in [0.4, 0.5) is 5.69 Å². The number of aryl methyl sites for hydroxylation is 1. The van der Waals surface area contributed by atoms with Gasteiger partial charge in [-0.3, -0.25) is 9.59 Å². The molecule has 2 aromatic carbocycles. The SMILES string of the molecule is CCc1ccccc1NC(=O)CCC(=O)c1cc(Cl)ccc1OC. The molecule has 1 amide bonds. The molecule has 0 aliphatic heterocycles. The molecule has 0 unspecified atom stereocenters. The Morgan fingerprint density at radius 2 is 1.88 bits per heavy atom. The number of Topliss-reactive ketones (excluding diaryl/α,β-unsaturated/α-hetero) is 1. The number of para-hydroxylation sites is 1. The van der Waals surface area contributed by atoms with E-state index in [9.17, 15) is 9.59 Å². The van der Waals surface area contributed by atoms with Crippen molar-refractivity contribution in [3.8, 4) is 5.75 Å². The van der Waals surface area contributed by atoms with E-state index in [2.05, 4.69) is 5.32 Å². The summed E-state index contributed by atoms with van der Waals surface area (Å²) in [5.41, 5.74) is 2.25. The van der Waals surface area contributed by atoms with E-state index in [4.69, 9.17) is 16.3 Å². The van der Waals surface area contributed by atoms with Gasteiger partial charge in [0.1, 0.15) is 5.75 Å². The number of ether oxygens (including phenoxy) is 1. The Hall–Kier alpha value is -2.33. The second-order valence-electron chi connectivity index (χ2n) is 5.33. The third-order valence-electron chi connectivity index (χ3n) is 3.71. The molecule has 0 aliphatic rings. The molecule has 0 saturated carbocycles. The number of carbonyl (C=O) groups is 2. The molecule has 5 heteroatoms. The quantitative estimate of drug-likeness (QED) is 0.751. The largest absolute Gasteiger partial charge is 0.496 e. The van der Waals surface area contributed by atoms with E-state index >= 15 is 0 Å². The Morgan fingerprint density at radius 3 is 2.58 bits per heavy atom. The zero-order valence-electron chi connectivity index (χ0n) is 13.8. The summed E-state index contributed by atoms with van der Waals surface area (Å²) in [6, 6.07) is 12.5. The van der Waals surface area contributed by atoms with Gasteiger partial charge in [-0.25, -0.2) is 0 Å². The molecule has 0 bridgehead atoms. The minimum atomic E-state index is -0.190. The van der Waals surface area contributed by atoms with E-state index in [-0.39, 0.29) is 24.5 Å². The van der Waals surface area contributed by atoms with E-state index in [1.165, 1.54) is 7.11 Å². The highest BCUT2D eigenvalue weighted by Crippen LogP contribution is 2.24. The predicted octanol–water partition coefficient (Wildman–Crippen LogP) is 4.51. The van der Waals surface area contributed by atoms with Gasteiger partial charge in [0, 0.05) is 23.6 Å². The number of hydrogen-bond acceptors (Lipinski definition) is 3. The van der Waals surface area contributed by atoms with Gasteiger partial charge in [0.15, 0.2) is 5.78 Å². The first kappa shape index (κ1) is 18.0. The van der Waals surface area contributed by atoms with Crippen LogP contribution in [0.5, 0.6) is 5.75 Å². The highest BCUT2D eigenvalue weighted by atomic mass is 35.5. The number of amides is 1. The highest BCUT2D eigenvalue weighted by molar-refractivity contribution is 6.31. The van der Waals surface area contributed by atoms with Crippen LogP contribution in [0.3, 0.4) is 0 Å². The molecular weight excluding hydrogens is 326 g/mol. The van der Waals surface area contributed by atoms with Crippen LogP contribution in [0.2, 0.25) is 5.02 Å². The Labute approximate surface area is 146 Å². The molecule has 0 fully saturated rings. The van der Waals surface area contributed by atoms with Crippen molar-refractivity contribution < 1.29 is 14.3 Å². The van der Waals surface area contributed by atoms with Gasteiger partial charge in [0.25, 0.3) is 0 Å². The summed E-state index contributed by atoms with van der Waals surface area (Å²) in [4.78, 5) is 24.5. The maximum absolute atomic E-state index is 12.3. The minimum absolute atomic E-state index is 0.0941. The molecule has 0 atom stereocenters. The number of nitrogens with one attached hydrogen (secondary N) is 1. The smallest absolute Gasteiger partial charge is 0.224 e. The first-order chi connectivity index (χ1) is 11.5. The molecule has 0 radical (unpaired) electrons. The fourth-order valence-electron chi connectivity index (χ4n) is 2.42. The second-order valence-corrected chi connectivity index (χ2v) is 5.76. The van der Waals surface area contributed by atoms with Crippen LogP contribution in [0.15, 0.2) is 42.5 Å². The van der Waals surface area contributed by atoms with Gasteiger partial charge in [0.2, 0.25) is 5.91 Å². The summed E-state index contributed by atoms with van der Waals surface area (Å²) in [5, 5.41) is 3.32. The molecule has 2 rings (SSSR count). The number of ketones is 1. The predicted molar refractivity (Wildman–Crippen MR) is 96.0 cm³/mol. The maximum Gasteiger partial charge on any atom is 0.224 e. The van der Waals surface area contributed by atoms with Crippen LogP contribution in [0, 0.1) is 0 Å². The number of halogens is 1. The molecule has 1 N–H and O–H groups in total. The van der Waals surface area contributed by atoms with E-state index in [1.807, 2.05) is 31.2 Å². The van der Waals surface area contributed by atoms with E-state index < -0.39 is 0 Å². The summed E-state index contributed by atoms with van der Waals surface area (Å²) in [7, 11) is 1.49. The summed E-state index contributed by atoms with van der Waals surface area (Å²) in [6.07, 6.45) is 1.03. The van der Waals surface area contributed by atoms with Crippen molar-refractivity contribution in [2.75, 3.05) is 12.4 Å². The lowest BCUT2D eigenvalue weighted by molar-refractivity contribution is -0.116. The average molecular weight is 346 g/mol. The normalized spacial score (nSPS) is 10.3. The van der Waals surface area contributed by atoms with Gasteiger partial charge < -0.3 is 10.1 Å². The van der Waals surface area contributed by atoms with Crippen LogP contribution >= 0.6 is 11.6 Å². The summed E-state index contributed by atoms with van der Waals surface area (Å²) in [6.45, 7) is 2.03. The maximum atomic E-state index is 12.3. The third kappa shape index (κ3) is 4.59. The van der Waals surface area contributed by atoms with Crippen LogP contribution < -0.4 is 10.1 Å². The van der Waals surface area contributed by atoms with Crippen molar-refractivity contribution in [2.24, 2.45) is 0 Å². The lowest BCUT2D eigenvalue weighted by Crippen LogP contribution is -2.15. The molecule has 126 valence electrons. The zero-order chi connectivity index (χ0) is 17.5. The number of carbonyl (C=O) groups excluding carboxylic acids is 2. The van der Waals surface area contributed by atoms with Gasteiger partial charge in [-0.2, -0.15) is 0 Å². The molecule has 0 aliphatic carbocycles. The van der Waals surface area contributed by atoms with Gasteiger partial charge in [-0.15, -0.1) is 0 Å². The van der Waals surface area contributed by atoms with E-state index in [0.29, 0.717) is 16.3 Å². The van der Waals surface area contributed by atoms with Crippen molar-refractivity contribution in [1.82, 2.24) is 0 Å². The van der Waals surface area contributed by atoms with E-state index in [0.717, 1.165) is 17.7 Å². The van der Waals surface area contributed by atoms with Crippen LogP contribution in [0.1, 0.15) is 35.7 Å². The van der Waals surface area contributed by atoms with Crippen molar-refractivity contribution in [1.29, 1.82) is 0 Å². The van der Waals surface area contributed by atoms with Crippen LogP contribution in [0.25, 0.3) is 0 Å². The van der Waals surface area contributed by atoms with Gasteiger partial charge >= 0.3 is 0 Å². The molecule has 0 saturated heterocycles. The number of methoxy groups -OCH3 is 1. The highest BCUT2D eigenvalue weighted by Gasteiger charge is 2.15. The van der Waals surface area contributed by atoms with Gasteiger partial charge in [0.05, 0.1) is 12.7 Å². The second kappa shape index (κ2) is 8.50. The summed E-state index contributed by atoms with van der Waals surface area (Å²) in [5.74, 6) is 0.0969. The number of rotatable bonds is 7.